The van der Waals surface area contributed by atoms with Gasteiger partial charge in [-0.15, -0.1) is 0 Å². The van der Waals surface area contributed by atoms with Gasteiger partial charge < -0.3 is 10.6 Å². The zero-order valence-electron chi connectivity index (χ0n) is 14.2. The van der Waals surface area contributed by atoms with Crippen LogP contribution in [0.3, 0.4) is 0 Å². The molecule has 2 aromatic carbocycles. The van der Waals surface area contributed by atoms with E-state index >= 15 is 0 Å². The number of aryl methyl sites for hydroxylation is 1. The monoisotopic (exact) mass is 406 g/mol. The Balaban J connectivity index is 1.99. The van der Waals surface area contributed by atoms with Crippen LogP contribution in [0.1, 0.15) is 30.5 Å². The summed E-state index contributed by atoms with van der Waals surface area (Å²) in [5, 5.41) is 15.6. The number of hydrogen-bond acceptors (Lipinski definition) is 3. The molecule has 6 nitrogen and oxygen atoms in total. The molecular weight excluding hydrogens is 386 g/mol. The number of nitro benzene ring substituents is 1. The Kier molecular flexibility index (Phi) is 6.66. The maximum Gasteiger partial charge on any atom is 0.279 e. The van der Waals surface area contributed by atoms with Gasteiger partial charge in [-0.3, -0.25) is 14.9 Å². The van der Waals surface area contributed by atoms with Crippen molar-refractivity contribution in [1.82, 2.24) is 0 Å². The summed E-state index contributed by atoms with van der Waals surface area (Å²) in [6.07, 6.45) is 0.894. The standard InChI is InChI=1S/C18H20BrN3O3/c1-3-16(13-5-7-14(19)8-6-13)20-11-18(23)21-17-10-15(22(24)25)9-4-12(17)2/h4-10,16,20H,3,11H2,1-2H3,(H,21,23)/p+1/t16-/m0/s1. The Morgan fingerprint density at radius 3 is 2.56 bits per heavy atom. The van der Waals surface area contributed by atoms with Crippen LogP contribution in [0.25, 0.3) is 0 Å². The van der Waals surface area contributed by atoms with Crippen molar-refractivity contribution in [2.45, 2.75) is 26.3 Å². The van der Waals surface area contributed by atoms with Gasteiger partial charge in [0.15, 0.2) is 6.54 Å². The van der Waals surface area contributed by atoms with E-state index < -0.39 is 4.92 Å². The summed E-state index contributed by atoms with van der Waals surface area (Å²) in [6.45, 7) is 4.13. The van der Waals surface area contributed by atoms with E-state index in [0.717, 1.165) is 22.0 Å². The lowest BCUT2D eigenvalue weighted by atomic mass is 10.0. The third-order valence-corrected chi connectivity index (χ3v) is 4.56. The molecule has 0 saturated carbocycles. The van der Waals surface area contributed by atoms with Gasteiger partial charge in [0.05, 0.1) is 10.6 Å². The van der Waals surface area contributed by atoms with Crippen molar-refractivity contribution in [3.8, 4) is 0 Å². The summed E-state index contributed by atoms with van der Waals surface area (Å²) in [4.78, 5) is 22.6. The van der Waals surface area contributed by atoms with Crippen LogP contribution < -0.4 is 10.6 Å². The minimum absolute atomic E-state index is 0.0359. The SMILES string of the molecule is CC[C@H]([NH2+]CC(=O)Nc1cc([N+](=O)[O-])ccc1C)c1ccc(Br)cc1. The molecule has 0 spiro atoms. The number of amides is 1. The molecule has 25 heavy (non-hydrogen) atoms. The summed E-state index contributed by atoms with van der Waals surface area (Å²) in [7, 11) is 0. The molecule has 0 radical (unpaired) electrons. The lowest BCUT2D eigenvalue weighted by molar-refractivity contribution is -0.686. The average Bonchev–Trinajstić information content (AvgIpc) is 2.58. The number of carbonyl (C=O) groups excluding carboxylic acids is 1. The number of rotatable bonds is 7. The predicted molar refractivity (Wildman–Crippen MR) is 100 cm³/mol. The number of halogens is 1. The molecule has 7 heteroatoms. The van der Waals surface area contributed by atoms with Gasteiger partial charge in [-0.2, -0.15) is 0 Å². The van der Waals surface area contributed by atoms with Crippen molar-refractivity contribution in [2.24, 2.45) is 0 Å². The fourth-order valence-electron chi connectivity index (χ4n) is 2.56. The highest BCUT2D eigenvalue weighted by molar-refractivity contribution is 9.10. The topological polar surface area (TPSA) is 88.8 Å². The quantitative estimate of drug-likeness (QED) is 0.545. The van der Waals surface area contributed by atoms with Gasteiger partial charge in [0, 0.05) is 28.6 Å². The van der Waals surface area contributed by atoms with Gasteiger partial charge in [-0.1, -0.05) is 41.1 Å². The Bertz CT molecular complexity index is 763. The zero-order valence-corrected chi connectivity index (χ0v) is 15.7. The maximum atomic E-state index is 12.2. The lowest BCUT2D eigenvalue weighted by Gasteiger charge is -2.14. The highest BCUT2D eigenvalue weighted by Gasteiger charge is 2.16. The fraction of sp³-hybridized carbons (Fsp3) is 0.278. The number of anilines is 1. The van der Waals surface area contributed by atoms with Gasteiger partial charge in [0.25, 0.3) is 11.6 Å². The van der Waals surface area contributed by atoms with Crippen LogP contribution in [0, 0.1) is 17.0 Å². The number of nitrogens with zero attached hydrogens (tertiary/aromatic N) is 1. The van der Waals surface area contributed by atoms with Crippen LogP contribution in [-0.4, -0.2) is 17.4 Å². The van der Waals surface area contributed by atoms with Crippen LogP contribution in [0.15, 0.2) is 46.9 Å². The van der Waals surface area contributed by atoms with Crippen LogP contribution in [-0.2, 0) is 4.79 Å². The van der Waals surface area contributed by atoms with Crippen molar-refractivity contribution in [3.63, 3.8) is 0 Å². The second kappa shape index (κ2) is 8.73. The Morgan fingerprint density at radius 2 is 1.96 bits per heavy atom. The molecule has 0 aliphatic rings. The van der Waals surface area contributed by atoms with E-state index in [4.69, 9.17) is 0 Å². The number of benzene rings is 2. The Hall–Kier alpha value is -2.25. The molecule has 132 valence electrons. The van der Waals surface area contributed by atoms with Crippen molar-refractivity contribution in [3.05, 3.63) is 68.2 Å². The first-order chi connectivity index (χ1) is 11.9. The number of non-ortho nitro benzene ring substituents is 1. The largest absolute Gasteiger partial charge is 0.332 e. The number of nitrogens with two attached hydrogens (primary N) is 1. The molecule has 0 aliphatic heterocycles. The predicted octanol–water partition coefficient (Wildman–Crippen LogP) is 3.32. The highest BCUT2D eigenvalue weighted by Crippen LogP contribution is 2.21. The number of quaternary nitrogens is 1. The fourth-order valence-corrected chi connectivity index (χ4v) is 2.82. The number of hydrogen-bond donors (Lipinski definition) is 2. The zero-order chi connectivity index (χ0) is 18.4. The molecule has 2 aromatic rings. The number of nitrogens with one attached hydrogen (secondary N) is 1. The number of nitro groups is 1. The van der Waals surface area contributed by atoms with E-state index in [0.29, 0.717) is 5.69 Å². The molecule has 2 rings (SSSR count). The van der Waals surface area contributed by atoms with Crippen LogP contribution in [0.4, 0.5) is 11.4 Å². The van der Waals surface area contributed by atoms with Crippen molar-refractivity contribution >= 4 is 33.2 Å². The number of carbonyl (C=O) groups is 1. The minimum atomic E-state index is -0.470. The minimum Gasteiger partial charge on any atom is -0.332 e. The summed E-state index contributed by atoms with van der Waals surface area (Å²) in [5.41, 5.74) is 2.39. The van der Waals surface area contributed by atoms with E-state index in [1.807, 2.05) is 29.6 Å². The molecule has 0 heterocycles. The molecule has 3 N–H and O–H groups in total. The van der Waals surface area contributed by atoms with Crippen LogP contribution in [0.2, 0.25) is 0 Å². The van der Waals surface area contributed by atoms with E-state index in [1.165, 1.54) is 12.1 Å². The van der Waals surface area contributed by atoms with Gasteiger partial charge >= 0.3 is 0 Å². The molecule has 0 fully saturated rings. The van der Waals surface area contributed by atoms with E-state index in [9.17, 15) is 14.9 Å². The first-order valence-corrected chi connectivity index (χ1v) is 8.83. The first-order valence-electron chi connectivity index (χ1n) is 8.04. The molecule has 1 amide bonds. The summed E-state index contributed by atoms with van der Waals surface area (Å²) >= 11 is 3.42. The smallest absolute Gasteiger partial charge is 0.279 e. The molecule has 0 saturated heterocycles. The van der Waals surface area contributed by atoms with Crippen LogP contribution >= 0.6 is 15.9 Å². The first kappa shape index (κ1) is 19.1. The third-order valence-electron chi connectivity index (χ3n) is 4.03. The average molecular weight is 407 g/mol. The summed E-state index contributed by atoms with van der Waals surface area (Å²) in [5.74, 6) is -0.181. The molecule has 0 aromatic heterocycles. The van der Waals surface area contributed by atoms with Gasteiger partial charge in [0.1, 0.15) is 6.04 Å². The molecular formula is C18H21BrN3O3+. The maximum absolute atomic E-state index is 12.2. The second-order valence-corrected chi connectivity index (χ2v) is 6.73. The van der Waals surface area contributed by atoms with E-state index in [1.54, 1.807) is 13.0 Å². The molecule has 0 bridgehead atoms. The third kappa shape index (κ3) is 5.37. The van der Waals surface area contributed by atoms with Crippen molar-refractivity contribution in [1.29, 1.82) is 0 Å². The van der Waals surface area contributed by atoms with E-state index in [2.05, 4.69) is 28.2 Å². The summed E-state index contributed by atoms with van der Waals surface area (Å²) < 4.78 is 1.02. The molecule has 0 aliphatic carbocycles. The highest BCUT2D eigenvalue weighted by atomic mass is 79.9. The van der Waals surface area contributed by atoms with Crippen molar-refractivity contribution in [2.75, 3.05) is 11.9 Å². The van der Waals surface area contributed by atoms with E-state index in [-0.39, 0.29) is 24.2 Å². The molecule has 0 unspecified atom stereocenters. The normalized spacial score (nSPS) is 11.8. The van der Waals surface area contributed by atoms with Gasteiger partial charge in [0.2, 0.25) is 0 Å². The van der Waals surface area contributed by atoms with Gasteiger partial charge in [-0.25, -0.2) is 0 Å². The van der Waals surface area contributed by atoms with Gasteiger partial charge in [-0.05, 0) is 24.6 Å². The Morgan fingerprint density at radius 1 is 1.28 bits per heavy atom. The summed E-state index contributed by atoms with van der Waals surface area (Å²) in [6, 6.07) is 12.7. The van der Waals surface area contributed by atoms with Crippen LogP contribution in [0.5, 0.6) is 0 Å². The Labute approximate surface area is 154 Å². The second-order valence-electron chi connectivity index (χ2n) is 5.81. The lowest BCUT2D eigenvalue weighted by Crippen LogP contribution is -2.87. The van der Waals surface area contributed by atoms with Crippen molar-refractivity contribution < 1.29 is 15.0 Å². The molecule has 1 atom stereocenters.